The Morgan fingerprint density at radius 2 is 1.73 bits per heavy atom. The standard InChI is InChI=1S/C23H37FN4O.HI/c1-25-22(26-13-6-16-28-14-4-2-3-5-15-28)27-19-23(11-17-29-18-12-23)20-7-9-21(24)10-8-20;/h7-10H,2-6,11-19H2,1H3,(H2,25,26,27);1H. The number of hydrogen-bond acceptors (Lipinski definition) is 3. The summed E-state index contributed by atoms with van der Waals surface area (Å²) in [6.07, 6.45) is 8.42. The van der Waals surface area contributed by atoms with Crippen LogP contribution in [-0.2, 0) is 10.2 Å². The fourth-order valence-electron chi connectivity index (χ4n) is 4.48. The maximum Gasteiger partial charge on any atom is 0.191 e. The van der Waals surface area contributed by atoms with Gasteiger partial charge in [-0.3, -0.25) is 4.99 Å². The number of halogens is 2. The minimum atomic E-state index is -0.189. The second kappa shape index (κ2) is 13.5. The third-order valence-corrected chi connectivity index (χ3v) is 6.37. The highest BCUT2D eigenvalue weighted by atomic mass is 127. The summed E-state index contributed by atoms with van der Waals surface area (Å²) in [4.78, 5) is 6.99. The van der Waals surface area contributed by atoms with Crippen molar-refractivity contribution in [1.29, 1.82) is 0 Å². The summed E-state index contributed by atoms with van der Waals surface area (Å²) in [5.74, 6) is 0.652. The van der Waals surface area contributed by atoms with E-state index in [1.165, 1.54) is 44.3 Å². The Morgan fingerprint density at radius 3 is 2.37 bits per heavy atom. The molecule has 0 bridgehead atoms. The van der Waals surface area contributed by atoms with Crippen molar-refractivity contribution in [2.75, 3.05) is 53.0 Å². The van der Waals surface area contributed by atoms with Crippen LogP contribution in [0.3, 0.4) is 0 Å². The minimum Gasteiger partial charge on any atom is -0.381 e. The average Bonchev–Trinajstić information content (AvgIpc) is 3.03. The highest BCUT2D eigenvalue weighted by molar-refractivity contribution is 14.0. The summed E-state index contributed by atoms with van der Waals surface area (Å²) >= 11 is 0. The van der Waals surface area contributed by atoms with E-state index in [9.17, 15) is 4.39 Å². The maximum atomic E-state index is 13.4. The number of benzene rings is 1. The van der Waals surface area contributed by atoms with Gasteiger partial charge in [-0.25, -0.2) is 4.39 Å². The number of ether oxygens (including phenoxy) is 1. The molecule has 0 aromatic heterocycles. The molecular formula is C23H38FIN4O. The van der Waals surface area contributed by atoms with E-state index in [1.54, 1.807) is 12.1 Å². The number of aliphatic imine (C=N–C) groups is 1. The van der Waals surface area contributed by atoms with Crippen molar-refractivity contribution in [3.8, 4) is 0 Å². The van der Waals surface area contributed by atoms with Crippen LogP contribution in [0.4, 0.5) is 4.39 Å². The van der Waals surface area contributed by atoms with Gasteiger partial charge >= 0.3 is 0 Å². The first-order valence-electron chi connectivity index (χ1n) is 11.2. The van der Waals surface area contributed by atoms with Crippen LogP contribution in [0.15, 0.2) is 29.3 Å². The van der Waals surface area contributed by atoms with Crippen molar-refractivity contribution in [2.45, 2.75) is 50.4 Å². The van der Waals surface area contributed by atoms with Crippen LogP contribution >= 0.6 is 24.0 Å². The minimum absolute atomic E-state index is 0. The summed E-state index contributed by atoms with van der Waals surface area (Å²) in [5, 5.41) is 6.98. The number of nitrogens with one attached hydrogen (secondary N) is 2. The summed E-state index contributed by atoms with van der Waals surface area (Å²) in [6, 6.07) is 6.95. The Morgan fingerprint density at radius 1 is 1.07 bits per heavy atom. The summed E-state index contributed by atoms with van der Waals surface area (Å²) in [5.41, 5.74) is 1.13. The van der Waals surface area contributed by atoms with E-state index in [2.05, 4.69) is 20.5 Å². The lowest BCUT2D eigenvalue weighted by Gasteiger charge is -2.38. The zero-order valence-electron chi connectivity index (χ0n) is 18.3. The van der Waals surface area contributed by atoms with Gasteiger partial charge in [0.1, 0.15) is 5.82 Å². The molecule has 3 rings (SSSR count). The summed E-state index contributed by atoms with van der Waals surface area (Å²) in [6.45, 7) is 6.81. The van der Waals surface area contributed by atoms with Crippen LogP contribution < -0.4 is 10.6 Å². The number of hydrogen-bond donors (Lipinski definition) is 2. The fourth-order valence-corrected chi connectivity index (χ4v) is 4.48. The molecule has 0 atom stereocenters. The number of rotatable bonds is 7. The molecule has 2 N–H and O–H groups in total. The SMILES string of the molecule is CN=C(NCCCN1CCCCCC1)NCC1(c2ccc(F)cc2)CCOCC1.I. The van der Waals surface area contributed by atoms with Crippen LogP contribution in [0.5, 0.6) is 0 Å². The lowest BCUT2D eigenvalue weighted by molar-refractivity contribution is 0.0513. The van der Waals surface area contributed by atoms with Crippen molar-refractivity contribution in [3.05, 3.63) is 35.6 Å². The first-order chi connectivity index (χ1) is 14.2. The van der Waals surface area contributed by atoms with Gasteiger partial charge in [0.05, 0.1) is 0 Å². The molecule has 2 aliphatic rings. The molecule has 0 amide bonds. The number of nitrogens with zero attached hydrogens (tertiary/aromatic N) is 2. The summed E-state index contributed by atoms with van der Waals surface area (Å²) in [7, 11) is 1.82. The highest BCUT2D eigenvalue weighted by Gasteiger charge is 2.34. The molecule has 2 heterocycles. The van der Waals surface area contributed by atoms with Gasteiger partial charge in [0.15, 0.2) is 5.96 Å². The quantitative estimate of drug-likeness (QED) is 0.242. The van der Waals surface area contributed by atoms with E-state index in [1.807, 2.05) is 19.2 Å². The van der Waals surface area contributed by atoms with Gasteiger partial charge < -0.3 is 20.3 Å². The third kappa shape index (κ3) is 7.64. The molecule has 0 radical (unpaired) electrons. The van der Waals surface area contributed by atoms with E-state index in [0.717, 1.165) is 58.1 Å². The molecule has 0 saturated carbocycles. The van der Waals surface area contributed by atoms with E-state index in [4.69, 9.17) is 4.74 Å². The molecule has 0 aliphatic carbocycles. The van der Waals surface area contributed by atoms with E-state index >= 15 is 0 Å². The van der Waals surface area contributed by atoms with E-state index < -0.39 is 0 Å². The van der Waals surface area contributed by atoms with Crippen LogP contribution in [0, 0.1) is 5.82 Å². The highest BCUT2D eigenvalue weighted by Crippen LogP contribution is 2.34. The molecule has 1 aromatic carbocycles. The predicted molar refractivity (Wildman–Crippen MR) is 132 cm³/mol. The molecule has 1 aromatic rings. The first kappa shape index (κ1) is 25.3. The molecule has 7 heteroatoms. The normalized spacial score (nSPS) is 20.1. The molecule has 2 fully saturated rings. The molecule has 2 saturated heterocycles. The Balaban J connectivity index is 0.00000320. The Labute approximate surface area is 198 Å². The number of likely N-dealkylation sites (tertiary alicyclic amines) is 1. The molecule has 30 heavy (non-hydrogen) atoms. The molecule has 0 spiro atoms. The summed E-state index contributed by atoms with van der Waals surface area (Å²) < 4.78 is 19.0. The van der Waals surface area contributed by atoms with Crippen molar-refractivity contribution < 1.29 is 9.13 Å². The molecule has 2 aliphatic heterocycles. The predicted octanol–water partition coefficient (Wildman–Crippen LogP) is 3.92. The maximum absolute atomic E-state index is 13.4. The van der Waals surface area contributed by atoms with E-state index in [-0.39, 0.29) is 35.2 Å². The average molecular weight is 532 g/mol. The fraction of sp³-hybridized carbons (Fsp3) is 0.696. The lowest BCUT2D eigenvalue weighted by Crippen LogP contribution is -2.48. The van der Waals surface area contributed by atoms with Crippen LogP contribution in [-0.4, -0.2) is 63.8 Å². The Kier molecular flexibility index (Phi) is 11.4. The molecular weight excluding hydrogens is 494 g/mol. The van der Waals surface area contributed by atoms with Gasteiger partial charge in [0.25, 0.3) is 0 Å². The van der Waals surface area contributed by atoms with E-state index in [0.29, 0.717) is 0 Å². The van der Waals surface area contributed by atoms with Gasteiger partial charge in [-0.2, -0.15) is 0 Å². The molecule has 170 valence electrons. The zero-order valence-corrected chi connectivity index (χ0v) is 20.6. The third-order valence-electron chi connectivity index (χ3n) is 6.37. The Bertz CT molecular complexity index is 627. The van der Waals surface area contributed by atoms with Crippen molar-refractivity contribution in [3.63, 3.8) is 0 Å². The van der Waals surface area contributed by atoms with Crippen molar-refractivity contribution >= 4 is 29.9 Å². The second-order valence-electron chi connectivity index (χ2n) is 8.36. The van der Waals surface area contributed by atoms with Gasteiger partial charge in [-0.15, -0.1) is 24.0 Å². The second-order valence-corrected chi connectivity index (χ2v) is 8.36. The lowest BCUT2D eigenvalue weighted by atomic mass is 9.74. The number of guanidine groups is 1. The van der Waals surface area contributed by atoms with Crippen LogP contribution in [0.2, 0.25) is 0 Å². The van der Waals surface area contributed by atoms with Gasteiger partial charge in [0, 0.05) is 38.8 Å². The smallest absolute Gasteiger partial charge is 0.191 e. The zero-order chi connectivity index (χ0) is 20.4. The molecule has 5 nitrogen and oxygen atoms in total. The van der Waals surface area contributed by atoms with Gasteiger partial charge in [-0.05, 0) is 69.4 Å². The van der Waals surface area contributed by atoms with Crippen LogP contribution in [0.25, 0.3) is 0 Å². The monoisotopic (exact) mass is 532 g/mol. The Hall–Kier alpha value is -0.930. The van der Waals surface area contributed by atoms with Crippen LogP contribution in [0.1, 0.15) is 50.5 Å². The van der Waals surface area contributed by atoms with Gasteiger partial charge in [0.2, 0.25) is 0 Å². The first-order valence-corrected chi connectivity index (χ1v) is 11.2. The van der Waals surface area contributed by atoms with Crippen molar-refractivity contribution in [2.24, 2.45) is 4.99 Å². The largest absolute Gasteiger partial charge is 0.381 e. The van der Waals surface area contributed by atoms with Crippen molar-refractivity contribution in [1.82, 2.24) is 15.5 Å². The molecule has 0 unspecified atom stereocenters. The topological polar surface area (TPSA) is 48.9 Å². The van der Waals surface area contributed by atoms with Gasteiger partial charge in [-0.1, -0.05) is 25.0 Å².